The van der Waals surface area contributed by atoms with Crippen molar-refractivity contribution in [1.82, 2.24) is 14.7 Å². The van der Waals surface area contributed by atoms with Gasteiger partial charge in [-0.25, -0.2) is 0 Å². The molecule has 0 atom stereocenters. The normalized spacial score (nSPS) is 24.5. The van der Waals surface area contributed by atoms with Crippen molar-refractivity contribution in [2.75, 3.05) is 45.8 Å². The molecule has 0 bridgehead atoms. The number of carbonyl (C=O) groups excluding carboxylic acids is 1. The van der Waals surface area contributed by atoms with E-state index in [4.69, 9.17) is 0 Å². The Morgan fingerprint density at radius 3 is 2.15 bits per heavy atom. The molecular weight excluding hydrogens is 322 g/mol. The predicted molar refractivity (Wildman–Crippen MR) is 105 cm³/mol. The molecule has 1 saturated carbocycles. The van der Waals surface area contributed by atoms with Gasteiger partial charge in [0.25, 0.3) is 0 Å². The first-order chi connectivity index (χ1) is 12.7. The summed E-state index contributed by atoms with van der Waals surface area (Å²) < 4.78 is 0. The lowest BCUT2D eigenvalue weighted by Crippen LogP contribution is -2.51. The average molecular weight is 356 g/mol. The van der Waals surface area contributed by atoms with Crippen molar-refractivity contribution >= 4 is 5.91 Å². The zero-order valence-corrected chi connectivity index (χ0v) is 16.0. The van der Waals surface area contributed by atoms with Gasteiger partial charge in [-0.1, -0.05) is 43.2 Å². The highest BCUT2D eigenvalue weighted by Crippen LogP contribution is 2.40. The lowest BCUT2D eigenvalue weighted by molar-refractivity contribution is -0.129. The van der Waals surface area contributed by atoms with Crippen molar-refractivity contribution in [1.29, 1.82) is 0 Å². The van der Waals surface area contributed by atoms with E-state index in [1.165, 1.54) is 50.9 Å². The van der Waals surface area contributed by atoms with Crippen LogP contribution in [0.1, 0.15) is 44.1 Å². The van der Waals surface area contributed by atoms with Crippen LogP contribution in [0.5, 0.6) is 0 Å². The lowest BCUT2D eigenvalue weighted by Gasteiger charge is -2.41. The maximum atomic E-state index is 12.1. The van der Waals surface area contributed by atoms with Gasteiger partial charge in [0.2, 0.25) is 5.91 Å². The van der Waals surface area contributed by atoms with Crippen LogP contribution >= 0.6 is 0 Å². The quantitative estimate of drug-likeness (QED) is 0.785. The van der Waals surface area contributed by atoms with Crippen LogP contribution < -0.4 is 0 Å². The minimum Gasteiger partial charge on any atom is -0.342 e. The highest BCUT2D eigenvalue weighted by molar-refractivity contribution is 5.78. The van der Waals surface area contributed by atoms with Crippen LogP contribution in [0.2, 0.25) is 0 Å². The van der Waals surface area contributed by atoms with E-state index in [1.54, 1.807) is 0 Å². The van der Waals surface area contributed by atoms with Crippen LogP contribution in [0, 0.1) is 5.41 Å². The molecule has 4 heteroatoms. The predicted octanol–water partition coefficient (Wildman–Crippen LogP) is 2.99. The largest absolute Gasteiger partial charge is 0.342 e. The van der Waals surface area contributed by atoms with E-state index >= 15 is 0 Å². The number of rotatable bonds is 6. The first-order valence-corrected chi connectivity index (χ1v) is 10.5. The van der Waals surface area contributed by atoms with Crippen LogP contribution in [0.15, 0.2) is 30.3 Å². The first kappa shape index (κ1) is 18.0. The maximum absolute atomic E-state index is 12.1. The number of likely N-dealkylation sites (tertiary alicyclic amines) is 1. The average Bonchev–Trinajstić information content (AvgIpc) is 3.28. The molecule has 4 rings (SSSR count). The van der Waals surface area contributed by atoms with E-state index < -0.39 is 0 Å². The second-order valence-electron chi connectivity index (χ2n) is 8.66. The summed E-state index contributed by atoms with van der Waals surface area (Å²) in [5.41, 5.74) is 1.78. The third-order valence-corrected chi connectivity index (χ3v) is 6.63. The van der Waals surface area contributed by atoms with Crippen molar-refractivity contribution in [3.05, 3.63) is 35.9 Å². The number of carbonyl (C=O) groups is 1. The Labute approximate surface area is 158 Å². The van der Waals surface area contributed by atoms with Gasteiger partial charge in [0.05, 0.1) is 0 Å². The summed E-state index contributed by atoms with van der Waals surface area (Å²) in [5.74, 6) is 0.393. The van der Waals surface area contributed by atoms with Crippen LogP contribution in [-0.4, -0.2) is 66.4 Å². The minimum absolute atomic E-state index is 0.363. The fraction of sp³-hybridized carbons (Fsp3) is 0.682. The van der Waals surface area contributed by atoms with E-state index in [0.717, 1.165) is 45.6 Å². The zero-order chi connectivity index (χ0) is 17.8. The second-order valence-corrected chi connectivity index (χ2v) is 8.66. The van der Waals surface area contributed by atoms with Crippen molar-refractivity contribution in [3.63, 3.8) is 0 Å². The first-order valence-electron chi connectivity index (χ1n) is 10.5. The molecule has 1 amide bonds. The zero-order valence-electron chi connectivity index (χ0n) is 16.0. The number of hydrogen-bond donors (Lipinski definition) is 0. The maximum Gasteiger partial charge on any atom is 0.222 e. The summed E-state index contributed by atoms with van der Waals surface area (Å²) in [6.07, 6.45) is 7.13. The Kier molecular flexibility index (Phi) is 5.60. The monoisotopic (exact) mass is 355 g/mol. The second kappa shape index (κ2) is 8.10. The summed E-state index contributed by atoms with van der Waals surface area (Å²) in [7, 11) is 0. The summed E-state index contributed by atoms with van der Waals surface area (Å²) in [6.45, 7) is 8.92. The van der Waals surface area contributed by atoms with Gasteiger partial charge >= 0.3 is 0 Å². The lowest BCUT2D eigenvalue weighted by atomic mass is 9.84. The Morgan fingerprint density at radius 1 is 0.808 bits per heavy atom. The number of benzene rings is 1. The van der Waals surface area contributed by atoms with Crippen molar-refractivity contribution in [3.8, 4) is 0 Å². The Hall–Kier alpha value is -1.39. The number of nitrogens with zero attached hydrogens (tertiary/aromatic N) is 3. The van der Waals surface area contributed by atoms with Gasteiger partial charge in [-0.15, -0.1) is 0 Å². The van der Waals surface area contributed by atoms with E-state index in [0.29, 0.717) is 11.3 Å². The molecule has 0 unspecified atom stereocenters. The van der Waals surface area contributed by atoms with Crippen LogP contribution in [0.4, 0.5) is 0 Å². The molecular formula is C22H33N3O. The van der Waals surface area contributed by atoms with E-state index in [1.807, 2.05) is 0 Å². The molecule has 4 nitrogen and oxygen atoms in total. The fourth-order valence-corrected chi connectivity index (χ4v) is 5.19. The molecule has 1 aromatic carbocycles. The summed E-state index contributed by atoms with van der Waals surface area (Å²) in [4.78, 5) is 19.5. The SMILES string of the molecule is O=C1CCCN1CC1(CN2CCN(Cc3ccccc3)CC2)CCCC1. The molecule has 0 N–H and O–H groups in total. The molecule has 1 aliphatic carbocycles. The van der Waals surface area contributed by atoms with Gasteiger partial charge in [0, 0.05) is 64.2 Å². The molecule has 3 fully saturated rings. The summed E-state index contributed by atoms with van der Waals surface area (Å²) >= 11 is 0. The molecule has 0 radical (unpaired) electrons. The standard InChI is InChI=1S/C22H33N3O/c26-21-9-6-12-25(21)19-22(10-4-5-11-22)18-24-15-13-23(14-16-24)17-20-7-2-1-3-8-20/h1-3,7-8H,4-6,9-19H2. The van der Waals surface area contributed by atoms with Gasteiger partial charge in [-0.3, -0.25) is 9.69 Å². The smallest absolute Gasteiger partial charge is 0.222 e. The topological polar surface area (TPSA) is 26.8 Å². The van der Waals surface area contributed by atoms with E-state index in [9.17, 15) is 4.79 Å². The molecule has 1 aromatic rings. The summed E-state index contributed by atoms with van der Waals surface area (Å²) in [5, 5.41) is 0. The van der Waals surface area contributed by atoms with Crippen LogP contribution in [0.25, 0.3) is 0 Å². The van der Waals surface area contributed by atoms with Gasteiger partial charge < -0.3 is 9.80 Å². The molecule has 0 aromatic heterocycles. The third-order valence-electron chi connectivity index (χ3n) is 6.63. The molecule has 2 saturated heterocycles. The Balaban J connectivity index is 1.30. The molecule has 2 aliphatic heterocycles. The Morgan fingerprint density at radius 2 is 1.50 bits per heavy atom. The van der Waals surface area contributed by atoms with E-state index in [2.05, 4.69) is 45.0 Å². The van der Waals surface area contributed by atoms with Gasteiger partial charge in [0.1, 0.15) is 0 Å². The van der Waals surface area contributed by atoms with Gasteiger partial charge in [-0.05, 0) is 24.8 Å². The number of piperazine rings is 1. The number of hydrogen-bond acceptors (Lipinski definition) is 3. The van der Waals surface area contributed by atoms with E-state index in [-0.39, 0.29) is 0 Å². The van der Waals surface area contributed by atoms with Crippen molar-refractivity contribution < 1.29 is 4.79 Å². The van der Waals surface area contributed by atoms with Crippen molar-refractivity contribution in [2.45, 2.75) is 45.1 Å². The van der Waals surface area contributed by atoms with Crippen LogP contribution in [-0.2, 0) is 11.3 Å². The highest BCUT2D eigenvalue weighted by atomic mass is 16.2. The number of amides is 1. The molecule has 2 heterocycles. The molecule has 3 aliphatic rings. The van der Waals surface area contributed by atoms with Gasteiger partial charge in [-0.2, -0.15) is 0 Å². The minimum atomic E-state index is 0.363. The molecule has 26 heavy (non-hydrogen) atoms. The third kappa shape index (κ3) is 4.29. The summed E-state index contributed by atoms with van der Waals surface area (Å²) in [6, 6.07) is 10.8. The molecule has 142 valence electrons. The molecule has 0 spiro atoms. The van der Waals surface area contributed by atoms with Crippen LogP contribution in [0.3, 0.4) is 0 Å². The Bertz CT molecular complexity index is 589. The van der Waals surface area contributed by atoms with Crippen molar-refractivity contribution in [2.24, 2.45) is 5.41 Å². The highest BCUT2D eigenvalue weighted by Gasteiger charge is 2.39. The fourth-order valence-electron chi connectivity index (χ4n) is 5.19. The van der Waals surface area contributed by atoms with Gasteiger partial charge in [0.15, 0.2) is 0 Å².